The Hall–Kier alpha value is -3.78. The van der Waals surface area contributed by atoms with Crippen molar-refractivity contribution in [1.82, 2.24) is 0 Å². The molecule has 0 aromatic heterocycles. The molecule has 35 heavy (non-hydrogen) atoms. The second-order valence-electron chi connectivity index (χ2n) is 7.97. The number of rotatable bonds is 5. The highest BCUT2D eigenvalue weighted by Crippen LogP contribution is 2.50. The van der Waals surface area contributed by atoms with Gasteiger partial charge in [-0.3, -0.25) is 9.59 Å². The fourth-order valence-corrected chi connectivity index (χ4v) is 5.07. The molecule has 0 aliphatic carbocycles. The van der Waals surface area contributed by atoms with Gasteiger partial charge in [-0.25, -0.2) is 0 Å². The molecule has 0 saturated heterocycles. The maximum Gasteiger partial charge on any atom is 0.312 e. The van der Waals surface area contributed by atoms with Crippen LogP contribution in [0, 0.1) is 0 Å². The van der Waals surface area contributed by atoms with Crippen molar-refractivity contribution >= 4 is 33.8 Å². The third-order valence-electron chi connectivity index (χ3n) is 6.08. The molecule has 178 valence electrons. The lowest BCUT2D eigenvalue weighted by Gasteiger charge is -2.27. The lowest BCUT2D eigenvalue weighted by Crippen LogP contribution is -2.21. The van der Waals surface area contributed by atoms with Gasteiger partial charge in [0, 0.05) is 21.5 Å². The SMILES string of the molecule is COc1ccc(C=C2Oc3c(ccc4c3C(c3ccccc3Br)CC(=O)O4)C2=O)c(OC)c1OC. The first-order chi connectivity index (χ1) is 17.0. The number of hydrogen-bond donors (Lipinski definition) is 0. The van der Waals surface area contributed by atoms with E-state index in [-0.39, 0.29) is 29.9 Å². The molecule has 0 saturated carbocycles. The molecule has 0 N–H and O–H groups in total. The van der Waals surface area contributed by atoms with Gasteiger partial charge in [0.15, 0.2) is 17.3 Å². The lowest BCUT2D eigenvalue weighted by atomic mass is 9.84. The van der Waals surface area contributed by atoms with Gasteiger partial charge in [-0.05, 0) is 42.0 Å². The molecule has 8 heteroatoms. The maximum absolute atomic E-state index is 13.3. The molecule has 1 atom stereocenters. The number of ether oxygens (including phenoxy) is 5. The van der Waals surface area contributed by atoms with Crippen molar-refractivity contribution in [2.24, 2.45) is 0 Å². The monoisotopic (exact) mass is 536 g/mol. The Morgan fingerprint density at radius 2 is 1.69 bits per heavy atom. The molecule has 2 heterocycles. The Bertz CT molecular complexity index is 1390. The van der Waals surface area contributed by atoms with Gasteiger partial charge in [0.1, 0.15) is 11.5 Å². The van der Waals surface area contributed by atoms with E-state index in [0.29, 0.717) is 45.4 Å². The van der Waals surface area contributed by atoms with Crippen LogP contribution < -0.4 is 23.7 Å². The lowest BCUT2D eigenvalue weighted by molar-refractivity contribution is -0.135. The zero-order valence-electron chi connectivity index (χ0n) is 19.2. The van der Waals surface area contributed by atoms with Crippen molar-refractivity contribution in [3.8, 4) is 28.7 Å². The Labute approximate surface area is 210 Å². The minimum Gasteiger partial charge on any atom is -0.493 e. The summed E-state index contributed by atoms with van der Waals surface area (Å²) in [6.45, 7) is 0. The second kappa shape index (κ2) is 9.11. The van der Waals surface area contributed by atoms with Crippen LogP contribution in [0.2, 0.25) is 0 Å². The topological polar surface area (TPSA) is 80.3 Å². The summed E-state index contributed by atoms with van der Waals surface area (Å²) in [6, 6.07) is 14.4. The zero-order chi connectivity index (χ0) is 24.7. The van der Waals surface area contributed by atoms with E-state index in [4.69, 9.17) is 23.7 Å². The maximum atomic E-state index is 13.3. The van der Waals surface area contributed by atoms with Gasteiger partial charge in [-0.2, -0.15) is 0 Å². The fourth-order valence-electron chi connectivity index (χ4n) is 4.51. The van der Waals surface area contributed by atoms with Crippen LogP contribution >= 0.6 is 15.9 Å². The standard InChI is InChI=1S/C27H21BrO7/c1-31-20-10-8-14(25(32-2)27(20)33-3)12-21-24(30)16-9-11-19-23(26(16)35-21)17(13-22(29)34-19)15-6-4-5-7-18(15)28/h4-12,17H,13H2,1-3H3. The highest BCUT2D eigenvalue weighted by Gasteiger charge is 2.39. The van der Waals surface area contributed by atoms with Crippen molar-refractivity contribution in [3.05, 3.63) is 81.0 Å². The molecular formula is C27H21BrO7. The predicted octanol–water partition coefficient (Wildman–Crippen LogP) is 5.53. The Morgan fingerprint density at radius 3 is 2.40 bits per heavy atom. The summed E-state index contributed by atoms with van der Waals surface area (Å²) < 4.78 is 28.9. The first-order valence-electron chi connectivity index (χ1n) is 10.8. The number of methoxy groups -OCH3 is 3. The van der Waals surface area contributed by atoms with Crippen molar-refractivity contribution in [1.29, 1.82) is 0 Å². The van der Waals surface area contributed by atoms with Crippen LogP contribution in [0.1, 0.15) is 39.4 Å². The predicted molar refractivity (Wildman–Crippen MR) is 132 cm³/mol. The highest BCUT2D eigenvalue weighted by molar-refractivity contribution is 9.10. The van der Waals surface area contributed by atoms with Crippen LogP contribution in [0.4, 0.5) is 0 Å². The minimum absolute atomic E-state index is 0.127. The number of fused-ring (bicyclic) bond motifs is 3. The summed E-state index contributed by atoms with van der Waals surface area (Å²) in [7, 11) is 4.56. The molecule has 7 nitrogen and oxygen atoms in total. The molecule has 1 unspecified atom stereocenters. The number of carbonyl (C=O) groups excluding carboxylic acids is 2. The van der Waals surface area contributed by atoms with E-state index in [1.807, 2.05) is 24.3 Å². The first-order valence-corrected chi connectivity index (χ1v) is 11.6. The summed E-state index contributed by atoms with van der Waals surface area (Å²) in [5.41, 5.74) is 2.58. The van der Waals surface area contributed by atoms with Crippen molar-refractivity contribution in [2.45, 2.75) is 12.3 Å². The molecule has 0 bridgehead atoms. The number of hydrogen-bond acceptors (Lipinski definition) is 7. The number of Topliss-reactive ketones (excluding diaryl/α,β-unsaturated/α-hetero) is 1. The molecule has 0 radical (unpaired) electrons. The molecule has 2 aliphatic rings. The van der Waals surface area contributed by atoms with Gasteiger partial charge in [-0.15, -0.1) is 0 Å². The highest BCUT2D eigenvalue weighted by atomic mass is 79.9. The molecule has 3 aromatic carbocycles. The van der Waals surface area contributed by atoms with E-state index in [0.717, 1.165) is 10.0 Å². The van der Waals surface area contributed by atoms with E-state index in [1.165, 1.54) is 21.3 Å². The Morgan fingerprint density at radius 1 is 0.914 bits per heavy atom. The van der Waals surface area contributed by atoms with Crippen LogP contribution in [-0.4, -0.2) is 33.1 Å². The molecule has 5 rings (SSSR count). The van der Waals surface area contributed by atoms with Crippen molar-refractivity contribution in [2.75, 3.05) is 21.3 Å². The smallest absolute Gasteiger partial charge is 0.312 e. The average Bonchev–Trinajstić information content (AvgIpc) is 3.18. The van der Waals surface area contributed by atoms with Gasteiger partial charge in [0.25, 0.3) is 0 Å². The van der Waals surface area contributed by atoms with Crippen LogP contribution in [-0.2, 0) is 4.79 Å². The number of ketones is 1. The van der Waals surface area contributed by atoms with E-state index in [1.54, 1.807) is 30.3 Å². The summed E-state index contributed by atoms with van der Waals surface area (Å²) in [5.74, 6) is 1.28. The number of allylic oxidation sites excluding steroid dienone is 1. The van der Waals surface area contributed by atoms with Crippen LogP contribution in [0.3, 0.4) is 0 Å². The average molecular weight is 537 g/mol. The third-order valence-corrected chi connectivity index (χ3v) is 6.80. The normalized spacial score (nSPS) is 17.4. The van der Waals surface area contributed by atoms with Gasteiger partial charge in [0.2, 0.25) is 11.5 Å². The molecule has 2 aliphatic heterocycles. The van der Waals surface area contributed by atoms with E-state index in [9.17, 15) is 9.59 Å². The number of benzene rings is 3. The van der Waals surface area contributed by atoms with E-state index in [2.05, 4.69) is 15.9 Å². The zero-order valence-corrected chi connectivity index (χ0v) is 20.8. The van der Waals surface area contributed by atoms with Crippen LogP contribution in [0.5, 0.6) is 28.7 Å². The summed E-state index contributed by atoms with van der Waals surface area (Å²) in [4.78, 5) is 25.7. The van der Waals surface area contributed by atoms with E-state index >= 15 is 0 Å². The van der Waals surface area contributed by atoms with Crippen LogP contribution in [0.15, 0.2) is 58.8 Å². The van der Waals surface area contributed by atoms with Gasteiger partial charge < -0.3 is 23.7 Å². The number of carbonyl (C=O) groups is 2. The fraction of sp³-hybridized carbons (Fsp3) is 0.185. The largest absolute Gasteiger partial charge is 0.493 e. The first kappa shape index (κ1) is 23.0. The molecule has 0 amide bonds. The van der Waals surface area contributed by atoms with Gasteiger partial charge >= 0.3 is 5.97 Å². The molecule has 0 spiro atoms. The summed E-state index contributed by atoms with van der Waals surface area (Å²) >= 11 is 3.59. The van der Waals surface area contributed by atoms with Gasteiger partial charge in [0.05, 0.1) is 33.3 Å². The third kappa shape index (κ3) is 3.83. The van der Waals surface area contributed by atoms with Crippen molar-refractivity contribution in [3.63, 3.8) is 0 Å². The number of halogens is 1. The minimum atomic E-state index is -0.339. The summed E-state index contributed by atoms with van der Waals surface area (Å²) in [6.07, 6.45) is 1.74. The summed E-state index contributed by atoms with van der Waals surface area (Å²) in [5, 5.41) is 0. The Kier molecular flexibility index (Phi) is 5.98. The van der Waals surface area contributed by atoms with Crippen molar-refractivity contribution < 1.29 is 33.3 Å². The molecule has 0 fully saturated rings. The second-order valence-corrected chi connectivity index (χ2v) is 8.82. The number of esters is 1. The van der Waals surface area contributed by atoms with E-state index < -0.39 is 0 Å². The van der Waals surface area contributed by atoms with Gasteiger partial charge in [-0.1, -0.05) is 34.1 Å². The molecule has 3 aromatic rings. The quantitative estimate of drug-likeness (QED) is 0.241. The molecular weight excluding hydrogens is 516 g/mol. The Balaban J connectivity index is 1.62. The van der Waals surface area contributed by atoms with Crippen LogP contribution in [0.25, 0.3) is 6.08 Å².